The predicted molar refractivity (Wildman–Crippen MR) is 226 cm³/mol. The molecule has 11 aromatic rings. The minimum Gasteiger partial charge on any atom is -0.309 e. The van der Waals surface area contributed by atoms with Crippen LogP contribution in [-0.2, 0) is 0 Å². The van der Waals surface area contributed by atoms with E-state index in [1.54, 1.807) is 0 Å². The highest BCUT2D eigenvalue weighted by atomic mass is 15.0. The van der Waals surface area contributed by atoms with Crippen LogP contribution < -0.4 is 0 Å². The highest BCUT2D eigenvalue weighted by molar-refractivity contribution is 6.13. The first kappa shape index (κ1) is 30.7. The molecule has 0 aliphatic heterocycles. The van der Waals surface area contributed by atoms with E-state index in [4.69, 9.17) is 6.57 Å². The second-order valence-corrected chi connectivity index (χ2v) is 14.0. The van der Waals surface area contributed by atoms with Crippen molar-refractivity contribution in [3.8, 4) is 34.3 Å². The Morgan fingerprint density at radius 2 is 0.891 bits per heavy atom. The first-order chi connectivity index (χ1) is 27.2. The molecule has 0 aliphatic rings. The molecule has 55 heavy (non-hydrogen) atoms. The molecule has 0 bridgehead atoms. The van der Waals surface area contributed by atoms with E-state index < -0.39 is 0 Å². The van der Waals surface area contributed by atoms with Gasteiger partial charge in [0.15, 0.2) is 5.69 Å². The molecule has 0 amide bonds. The number of fused-ring (bicyclic) bond motifs is 9. The van der Waals surface area contributed by atoms with Gasteiger partial charge in [0.2, 0.25) is 0 Å². The normalized spacial score (nSPS) is 11.6. The molecule has 0 N–H and O–H groups in total. The second-order valence-electron chi connectivity index (χ2n) is 14.0. The van der Waals surface area contributed by atoms with Crippen molar-refractivity contribution in [2.45, 2.75) is 0 Å². The monoisotopic (exact) mass is 699 g/mol. The van der Waals surface area contributed by atoms with Crippen molar-refractivity contribution < 1.29 is 0 Å². The molecule has 3 aromatic heterocycles. The topological polar surface area (TPSA) is 42.9 Å². The molecule has 5 heteroatoms. The Kier molecular flexibility index (Phi) is 6.61. The molecule has 0 fully saturated rings. The van der Waals surface area contributed by atoms with Crippen molar-refractivity contribution >= 4 is 71.1 Å². The quantitative estimate of drug-likeness (QED) is 0.169. The van der Waals surface area contributed by atoms with Crippen LogP contribution in [0.3, 0.4) is 0 Å². The van der Waals surface area contributed by atoms with Gasteiger partial charge in [0, 0.05) is 44.0 Å². The average molecular weight is 700 g/mol. The van der Waals surface area contributed by atoms with Crippen molar-refractivity contribution in [1.29, 1.82) is 5.26 Å². The molecular formula is C50H29N5. The van der Waals surface area contributed by atoms with Gasteiger partial charge in [-0.05, 0) is 95.4 Å². The van der Waals surface area contributed by atoms with Crippen LogP contribution in [0, 0.1) is 17.9 Å². The maximum atomic E-state index is 10.4. The first-order valence-corrected chi connectivity index (χ1v) is 18.3. The number of nitriles is 1. The summed E-state index contributed by atoms with van der Waals surface area (Å²) in [6.07, 6.45) is 0. The number of benzene rings is 8. The number of rotatable bonds is 4. The van der Waals surface area contributed by atoms with Gasteiger partial charge in [0.05, 0.1) is 51.3 Å². The van der Waals surface area contributed by atoms with Gasteiger partial charge in [-0.3, -0.25) is 0 Å². The van der Waals surface area contributed by atoms with E-state index in [0.717, 1.165) is 72.1 Å². The van der Waals surface area contributed by atoms with Crippen molar-refractivity contribution in [3.63, 3.8) is 0 Å². The Morgan fingerprint density at radius 1 is 0.382 bits per heavy atom. The fraction of sp³-hybridized carbons (Fsp3) is 0. The average Bonchev–Trinajstić information content (AvgIpc) is 3.88. The lowest BCUT2D eigenvalue weighted by molar-refractivity contribution is 1.15. The zero-order valence-corrected chi connectivity index (χ0v) is 29.5. The minimum atomic E-state index is 0.570. The van der Waals surface area contributed by atoms with Crippen LogP contribution in [-0.4, -0.2) is 13.7 Å². The molecule has 254 valence electrons. The summed E-state index contributed by atoms with van der Waals surface area (Å²) in [5.41, 5.74) is 12.6. The number of nitrogens with zero attached hydrogens (tertiary/aromatic N) is 5. The molecule has 0 unspecified atom stereocenters. The number of hydrogen-bond acceptors (Lipinski definition) is 1. The lowest BCUT2D eigenvalue weighted by Crippen LogP contribution is -1.98. The molecule has 8 aromatic carbocycles. The van der Waals surface area contributed by atoms with Gasteiger partial charge in [-0.1, -0.05) is 97.1 Å². The molecule has 5 nitrogen and oxygen atoms in total. The van der Waals surface area contributed by atoms with Gasteiger partial charge in [0.25, 0.3) is 0 Å². The van der Waals surface area contributed by atoms with E-state index in [2.05, 4.69) is 170 Å². The highest BCUT2D eigenvalue weighted by Crippen LogP contribution is 2.40. The fourth-order valence-electron chi connectivity index (χ4n) is 8.68. The Bertz CT molecular complexity index is 3360. The molecule has 0 aliphatic carbocycles. The van der Waals surface area contributed by atoms with Crippen LogP contribution in [0.25, 0.3) is 98.5 Å². The zero-order valence-electron chi connectivity index (χ0n) is 29.5. The summed E-state index contributed by atoms with van der Waals surface area (Å²) in [6, 6.07) is 63.8. The summed E-state index contributed by atoms with van der Waals surface area (Å²) >= 11 is 0. The molecule has 0 saturated heterocycles. The van der Waals surface area contributed by atoms with Crippen LogP contribution in [0.15, 0.2) is 176 Å². The summed E-state index contributed by atoms with van der Waals surface area (Å²) < 4.78 is 6.90. The van der Waals surface area contributed by atoms with E-state index in [0.29, 0.717) is 11.3 Å². The summed E-state index contributed by atoms with van der Waals surface area (Å²) in [5, 5.41) is 17.3. The smallest absolute Gasteiger partial charge is 0.188 e. The maximum Gasteiger partial charge on any atom is 0.188 e. The van der Waals surface area contributed by atoms with E-state index >= 15 is 0 Å². The van der Waals surface area contributed by atoms with Gasteiger partial charge in [-0.2, -0.15) is 5.26 Å². The van der Waals surface area contributed by atoms with Crippen molar-refractivity contribution in [3.05, 3.63) is 193 Å². The summed E-state index contributed by atoms with van der Waals surface area (Å²) in [6.45, 7) is 7.79. The molecule has 0 radical (unpaired) electrons. The summed E-state index contributed by atoms with van der Waals surface area (Å²) in [7, 11) is 0. The third-order valence-electron chi connectivity index (χ3n) is 11.0. The Labute approximate surface area is 316 Å². The number of aromatic nitrogens is 3. The molecule has 0 atom stereocenters. The van der Waals surface area contributed by atoms with Crippen molar-refractivity contribution in [2.24, 2.45) is 0 Å². The predicted octanol–water partition coefficient (Wildman–Crippen LogP) is 13.1. The molecular weight excluding hydrogens is 671 g/mol. The van der Waals surface area contributed by atoms with Crippen LogP contribution in [0.1, 0.15) is 5.56 Å². The van der Waals surface area contributed by atoms with Crippen LogP contribution in [0.5, 0.6) is 0 Å². The third kappa shape index (κ3) is 4.58. The molecule has 3 heterocycles. The van der Waals surface area contributed by atoms with Crippen molar-refractivity contribution in [2.75, 3.05) is 0 Å². The molecule has 0 spiro atoms. The minimum absolute atomic E-state index is 0.570. The Hall–Kier alpha value is -7.86. The van der Waals surface area contributed by atoms with E-state index in [1.165, 1.54) is 21.5 Å². The summed E-state index contributed by atoms with van der Waals surface area (Å²) in [5.74, 6) is 0. The standard InChI is InChI=1S/C50H29N5/c1-52-35-21-24-49-44(29-35)43-23-22-37(54-47-19-8-4-15-41(47)42-16-5-9-20-48(42)54)30-50(43)55(49)38-26-32(31-51)25-34(28-38)33-11-10-12-36(27-33)53-45-17-6-2-13-39(45)40-14-3-7-18-46(40)53/h2-30H. The van der Waals surface area contributed by atoms with Gasteiger partial charge in [-0.25, -0.2) is 4.85 Å². The molecule has 11 rings (SSSR count). The molecule has 0 saturated carbocycles. The van der Waals surface area contributed by atoms with Gasteiger partial charge in [0.1, 0.15) is 0 Å². The van der Waals surface area contributed by atoms with E-state index in [-0.39, 0.29) is 0 Å². The van der Waals surface area contributed by atoms with Crippen LogP contribution >= 0.6 is 0 Å². The van der Waals surface area contributed by atoms with E-state index in [1.807, 2.05) is 30.3 Å². The van der Waals surface area contributed by atoms with E-state index in [9.17, 15) is 5.26 Å². The zero-order chi connectivity index (χ0) is 36.6. The van der Waals surface area contributed by atoms with Gasteiger partial charge < -0.3 is 13.7 Å². The van der Waals surface area contributed by atoms with Crippen LogP contribution in [0.4, 0.5) is 5.69 Å². The Balaban J connectivity index is 1.15. The third-order valence-corrected chi connectivity index (χ3v) is 11.0. The Morgan fingerprint density at radius 3 is 1.47 bits per heavy atom. The van der Waals surface area contributed by atoms with Gasteiger partial charge in [-0.15, -0.1) is 0 Å². The highest BCUT2D eigenvalue weighted by Gasteiger charge is 2.19. The maximum absolute atomic E-state index is 10.4. The fourth-order valence-corrected chi connectivity index (χ4v) is 8.68. The lowest BCUT2D eigenvalue weighted by Gasteiger charge is -2.14. The van der Waals surface area contributed by atoms with Gasteiger partial charge >= 0.3 is 0 Å². The lowest BCUT2D eigenvalue weighted by atomic mass is 10.0. The number of hydrogen-bond donors (Lipinski definition) is 0. The SMILES string of the molecule is [C-]#[N+]c1ccc2c(c1)c1ccc(-n3c4ccccc4c4ccccc43)cc1n2-c1cc(C#N)cc(-c2cccc(-n3c4ccccc4c4ccccc43)c2)c1. The summed E-state index contributed by atoms with van der Waals surface area (Å²) in [4.78, 5) is 3.78. The second kappa shape index (κ2) is 11.8. The largest absolute Gasteiger partial charge is 0.309 e. The van der Waals surface area contributed by atoms with Crippen molar-refractivity contribution in [1.82, 2.24) is 13.7 Å². The first-order valence-electron chi connectivity index (χ1n) is 18.3. The van der Waals surface area contributed by atoms with Crippen LogP contribution in [0.2, 0.25) is 0 Å². The number of para-hydroxylation sites is 4.